The number of rotatable bonds is 4. The van der Waals surface area contributed by atoms with Crippen molar-refractivity contribution in [3.05, 3.63) is 57.6 Å². The number of carbonyl (C=O) groups excluding carboxylic acids is 1. The molecule has 1 fully saturated rings. The van der Waals surface area contributed by atoms with Gasteiger partial charge in [-0.1, -0.05) is 11.6 Å². The van der Waals surface area contributed by atoms with E-state index in [4.69, 9.17) is 16.0 Å². The molecule has 2 heterocycles. The molecule has 4 rings (SSSR count). The fraction of sp³-hybridized carbons (Fsp3) is 0.318. The Morgan fingerprint density at radius 2 is 1.81 bits per heavy atom. The molecule has 1 aliphatic heterocycles. The van der Waals surface area contributed by atoms with Crippen molar-refractivity contribution in [3.63, 3.8) is 0 Å². The van der Waals surface area contributed by atoms with Crippen LogP contribution in [0, 0.1) is 26.6 Å². The predicted octanol–water partition coefficient (Wildman–Crippen LogP) is 5.19. The Kier molecular flexibility index (Phi) is 5.47. The van der Waals surface area contributed by atoms with Crippen LogP contribution in [0.4, 0.5) is 10.1 Å². The van der Waals surface area contributed by atoms with E-state index in [-0.39, 0.29) is 32.9 Å². The zero-order valence-corrected chi connectivity index (χ0v) is 19.0. The van der Waals surface area contributed by atoms with E-state index in [0.29, 0.717) is 29.6 Å². The van der Waals surface area contributed by atoms with Crippen molar-refractivity contribution in [3.8, 4) is 0 Å². The number of anilines is 1. The van der Waals surface area contributed by atoms with Crippen LogP contribution in [-0.2, 0) is 10.0 Å². The van der Waals surface area contributed by atoms with Gasteiger partial charge in [0.15, 0.2) is 11.3 Å². The number of hydrogen-bond donors (Lipinski definition) is 1. The Morgan fingerprint density at radius 1 is 1.13 bits per heavy atom. The van der Waals surface area contributed by atoms with Gasteiger partial charge in [-0.25, -0.2) is 12.8 Å². The molecular formula is C22H22ClFN2O4S. The van der Waals surface area contributed by atoms with Gasteiger partial charge in [-0.3, -0.25) is 9.52 Å². The Morgan fingerprint density at radius 3 is 2.45 bits per heavy atom. The van der Waals surface area contributed by atoms with Crippen LogP contribution in [0.5, 0.6) is 0 Å². The van der Waals surface area contributed by atoms with Gasteiger partial charge in [-0.2, -0.15) is 0 Å². The summed E-state index contributed by atoms with van der Waals surface area (Å²) < 4.78 is 48.4. The number of furan rings is 1. The molecule has 0 bridgehead atoms. The van der Waals surface area contributed by atoms with Crippen LogP contribution in [0.25, 0.3) is 11.0 Å². The lowest BCUT2D eigenvalue weighted by Gasteiger charge is -2.14. The summed E-state index contributed by atoms with van der Waals surface area (Å²) in [6.07, 6.45) is 1.87. The molecule has 1 N–H and O–H groups in total. The highest BCUT2D eigenvalue weighted by Crippen LogP contribution is 2.37. The lowest BCUT2D eigenvalue weighted by molar-refractivity contribution is 0.0762. The van der Waals surface area contributed by atoms with E-state index in [9.17, 15) is 17.6 Å². The highest BCUT2D eigenvalue weighted by atomic mass is 35.5. The summed E-state index contributed by atoms with van der Waals surface area (Å²) >= 11 is 6.02. The molecule has 2 aromatic carbocycles. The first-order valence-electron chi connectivity index (χ1n) is 9.90. The van der Waals surface area contributed by atoms with Crippen LogP contribution in [0.1, 0.15) is 40.1 Å². The van der Waals surface area contributed by atoms with Gasteiger partial charge in [0.1, 0.15) is 10.7 Å². The summed E-state index contributed by atoms with van der Waals surface area (Å²) in [7, 11) is -4.15. The monoisotopic (exact) mass is 464 g/mol. The van der Waals surface area contributed by atoms with E-state index < -0.39 is 15.8 Å². The van der Waals surface area contributed by atoms with E-state index in [1.54, 1.807) is 25.7 Å². The molecule has 0 aliphatic carbocycles. The van der Waals surface area contributed by atoms with Crippen molar-refractivity contribution < 1.29 is 22.0 Å². The number of carbonyl (C=O) groups is 1. The van der Waals surface area contributed by atoms with Gasteiger partial charge >= 0.3 is 0 Å². The fourth-order valence-electron chi connectivity index (χ4n) is 3.90. The SMILES string of the molecule is Cc1cc2c(C)c(C(=O)N3CCCC3)oc2c(S(=O)(=O)Nc2ccc(F)cc2Cl)c1C. The zero-order valence-electron chi connectivity index (χ0n) is 17.4. The molecule has 0 saturated carbocycles. The summed E-state index contributed by atoms with van der Waals surface area (Å²) in [5.41, 5.74) is 2.00. The predicted molar refractivity (Wildman–Crippen MR) is 118 cm³/mol. The van der Waals surface area contributed by atoms with E-state index in [1.165, 1.54) is 6.07 Å². The highest BCUT2D eigenvalue weighted by Gasteiger charge is 2.30. The average molecular weight is 465 g/mol. The molecule has 0 radical (unpaired) electrons. The maximum Gasteiger partial charge on any atom is 0.289 e. The second kappa shape index (κ2) is 7.84. The highest BCUT2D eigenvalue weighted by molar-refractivity contribution is 7.93. The van der Waals surface area contributed by atoms with Gasteiger partial charge in [-0.05, 0) is 69.0 Å². The summed E-state index contributed by atoms with van der Waals surface area (Å²) in [5, 5.41) is 0.502. The Bertz CT molecular complexity index is 1310. The average Bonchev–Trinajstić information content (AvgIpc) is 3.33. The molecule has 6 nitrogen and oxygen atoms in total. The van der Waals surface area contributed by atoms with E-state index in [2.05, 4.69) is 4.72 Å². The minimum absolute atomic E-state index is 0.0498. The number of fused-ring (bicyclic) bond motifs is 1. The van der Waals surface area contributed by atoms with Crippen molar-refractivity contribution in [1.29, 1.82) is 0 Å². The molecule has 31 heavy (non-hydrogen) atoms. The standard InChI is InChI=1S/C22H22ClFN2O4S/c1-12-10-16-14(3)19(22(27)26-8-4-5-9-26)30-20(16)21(13(12)2)31(28,29)25-18-7-6-15(24)11-17(18)23/h6-7,10-11,25H,4-5,8-9H2,1-3H3. The molecule has 1 amide bonds. The molecule has 3 aromatic rings. The smallest absolute Gasteiger partial charge is 0.289 e. The van der Waals surface area contributed by atoms with E-state index in [0.717, 1.165) is 30.5 Å². The Labute approximate surface area is 185 Å². The van der Waals surface area contributed by atoms with Gasteiger partial charge in [0, 0.05) is 24.0 Å². The molecule has 9 heteroatoms. The van der Waals surface area contributed by atoms with Gasteiger partial charge < -0.3 is 9.32 Å². The number of halogens is 2. The molecule has 0 spiro atoms. The minimum Gasteiger partial charge on any atom is -0.449 e. The van der Waals surface area contributed by atoms with Crippen molar-refractivity contribution >= 4 is 44.2 Å². The lowest BCUT2D eigenvalue weighted by Crippen LogP contribution is -2.27. The van der Waals surface area contributed by atoms with Gasteiger partial charge in [0.25, 0.3) is 15.9 Å². The molecule has 0 unspecified atom stereocenters. The fourth-order valence-corrected chi connectivity index (χ4v) is 5.70. The van der Waals surface area contributed by atoms with Crippen LogP contribution < -0.4 is 4.72 Å². The number of nitrogens with zero attached hydrogens (tertiary/aromatic N) is 1. The number of sulfonamides is 1. The second-order valence-corrected chi connectivity index (χ2v) is 9.84. The third-order valence-electron chi connectivity index (χ3n) is 5.72. The Balaban J connectivity index is 1.87. The first-order chi connectivity index (χ1) is 14.6. The van der Waals surface area contributed by atoms with E-state index >= 15 is 0 Å². The quantitative estimate of drug-likeness (QED) is 0.576. The molecule has 0 atom stereocenters. The lowest BCUT2D eigenvalue weighted by atomic mass is 10.0. The van der Waals surface area contributed by atoms with E-state index in [1.807, 2.05) is 6.07 Å². The van der Waals surface area contributed by atoms with Crippen molar-refractivity contribution in [2.45, 2.75) is 38.5 Å². The summed E-state index contributed by atoms with van der Waals surface area (Å²) in [4.78, 5) is 14.6. The number of amides is 1. The number of benzene rings is 2. The number of likely N-dealkylation sites (tertiary alicyclic amines) is 1. The van der Waals surface area contributed by atoms with Gasteiger partial charge in [0.05, 0.1) is 10.7 Å². The number of aryl methyl sites for hydroxylation is 2. The summed E-state index contributed by atoms with van der Waals surface area (Å²) in [6, 6.07) is 5.23. The number of nitrogens with one attached hydrogen (secondary N) is 1. The first-order valence-corrected chi connectivity index (χ1v) is 11.8. The topological polar surface area (TPSA) is 79.6 Å². The normalized spacial score (nSPS) is 14.4. The first kappa shape index (κ1) is 21.6. The molecule has 164 valence electrons. The van der Waals surface area contributed by atoms with Crippen molar-refractivity contribution in [2.75, 3.05) is 17.8 Å². The van der Waals surface area contributed by atoms with Crippen LogP contribution >= 0.6 is 11.6 Å². The van der Waals surface area contributed by atoms with Gasteiger partial charge in [0.2, 0.25) is 0 Å². The van der Waals surface area contributed by atoms with Crippen LogP contribution in [0.15, 0.2) is 33.6 Å². The maximum absolute atomic E-state index is 13.4. The largest absolute Gasteiger partial charge is 0.449 e. The molecular weight excluding hydrogens is 443 g/mol. The van der Waals surface area contributed by atoms with Crippen LogP contribution in [0.2, 0.25) is 5.02 Å². The van der Waals surface area contributed by atoms with Crippen molar-refractivity contribution in [1.82, 2.24) is 4.90 Å². The third kappa shape index (κ3) is 3.78. The zero-order chi connectivity index (χ0) is 22.5. The van der Waals surface area contributed by atoms with Gasteiger partial charge in [-0.15, -0.1) is 0 Å². The van der Waals surface area contributed by atoms with Crippen LogP contribution in [-0.4, -0.2) is 32.3 Å². The molecule has 1 aliphatic rings. The summed E-state index contributed by atoms with van der Waals surface area (Å²) in [6.45, 7) is 6.54. The molecule has 1 aromatic heterocycles. The summed E-state index contributed by atoms with van der Waals surface area (Å²) in [5.74, 6) is -0.661. The van der Waals surface area contributed by atoms with Crippen molar-refractivity contribution in [2.24, 2.45) is 0 Å². The maximum atomic E-state index is 13.4. The second-order valence-electron chi connectivity index (χ2n) is 7.81. The number of hydrogen-bond acceptors (Lipinski definition) is 4. The minimum atomic E-state index is -4.15. The molecule has 1 saturated heterocycles. The van der Waals surface area contributed by atoms with Crippen LogP contribution in [0.3, 0.4) is 0 Å². The third-order valence-corrected chi connectivity index (χ3v) is 7.55. The Hall–Kier alpha value is -2.58.